The Balaban J connectivity index is 2.42. The molecule has 0 atom stereocenters. The fraction of sp³-hybridized carbons (Fsp3) is 0.286. The standard InChI is InChI=1S/C14H16N2OS/c1-9(2)15-14(18)12-10(3)16-17-13(12)11-7-5-4-6-8-11/h4-9H,1-3H3,(H,15,18). The summed E-state index contributed by atoms with van der Waals surface area (Å²) in [6.07, 6.45) is 0. The van der Waals surface area contributed by atoms with Crippen molar-refractivity contribution in [3.8, 4) is 11.3 Å². The van der Waals surface area contributed by atoms with E-state index in [9.17, 15) is 0 Å². The van der Waals surface area contributed by atoms with Crippen LogP contribution in [0.25, 0.3) is 11.3 Å². The molecule has 0 aliphatic rings. The quantitative estimate of drug-likeness (QED) is 0.859. The molecule has 94 valence electrons. The van der Waals surface area contributed by atoms with Crippen LogP contribution in [0.2, 0.25) is 0 Å². The van der Waals surface area contributed by atoms with Crippen LogP contribution < -0.4 is 5.32 Å². The zero-order chi connectivity index (χ0) is 13.1. The smallest absolute Gasteiger partial charge is 0.177 e. The average Bonchev–Trinajstić information content (AvgIpc) is 2.71. The Hall–Kier alpha value is -1.68. The van der Waals surface area contributed by atoms with Gasteiger partial charge >= 0.3 is 0 Å². The van der Waals surface area contributed by atoms with E-state index in [2.05, 4.69) is 24.3 Å². The molecule has 0 saturated carbocycles. The van der Waals surface area contributed by atoms with Gasteiger partial charge in [-0.25, -0.2) is 0 Å². The van der Waals surface area contributed by atoms with Crippen LogP contribution in [-0.4, -0.2) is 16.2 Å². The molecule has 0 bridgehead atoms. The molecule has 4 heteroatoms. The summed E-state index contributed by atoms with van der Waals surface area (Å²) in [7, 11) is 0. The van der Waals surface area contributed by atoms with Gasteiger partial charge in [0.2, 0.25) is 0 Å². The van der Waals surface area contributed by atoms with E-state index in [0.717, 1.165) is 22.6 Å². The lowest BCUT2D eigenvalue weighted by Gasteiger charge is -2.11. The number of hydrogen-bond donors (Lipinski definition) is 1. The average molecular weight is 260 g/mol. The van der Waals surface area contributed by atoms with E-state index in [4.69, 9.17) is 16.7 Å². The molecular weight excluding hydrogens is 244 g/mol. The normalized spacial score (nSPS) is 10.7. The van der Waals surface area contributed by atoms with Gasteiger partial charge < -0.3 is 9.84 Å². The highest BCUT2D eigenvalue weighted by Gasteiger charge is 2.18. The van der Waals surface area contributed by atoms with Crippen LogP contribution in [0.4, 0.5) is 0 Å². The van der Waals surface area contributed by atoms with Crippen molar-refractivity contribution in [3.63, 3.8) is 0 Å². The molecule has 1 heterocycles. The van der Waals surface area contributed by atoms with Crippen LogP contribution in [0.1, 0.15) is 25.1 Å². The van der Waals surface area contributed by atoms with Gasteiger partial charge in [0.1, 0.15) is 4.99 Å². The summed E-state index contributed by atoms with van der Waals surface area (Å²) in [5.74, 6) is 0.728. The molecule has 0 aliphatic carbocycles. The molecule has 1 N–H and O–H groups in total. The van der Waals surface area contributed by atoms with Gasteiger partial charge in [0.25, 0.3) is 0 Å². The highest BCUT2D eigenvalue weighted by molar-refractivity contribution is 7.80. The summed E-state index contributed by atoms with van der Waals surface area (Å²) < 4.78 is 5.41. The predicted molar refractivity (Wildman–Crippen MR) is 76.6 cm³/mol. The van der Waals surface area contributed by atoms with Gasteiger partial charge in [-0.15, -0.1) is 0 Å². The molecule has 0 saturated heterocycles. The van der Waals surface area contributed by atoms with E-state index in [-0.39, 0.29) is 6.04 Å². The Labute approximate surface area is 112 Å². The summed E-state index contributed by atoms with van der Waals surface area (Å²) in [4.78, 5) is 0.683. The second kappa shape index (κ2) is 5.31. The van der Waals surface area contributed by atoms with Crippen LogP contribution in [-0.2, 0) is 0 Å². The summed E-state index contributed by atoms with van der Waals surface area (Å²) >= 11 is 5.41. The number of benzene rings is 1. The van der Waals surface area contributed by atoms with Gasteiger partial charge in [0.15, 0.2) is 5.76 Å². The van der Waals surface area contributed by atoms with E-state index in [1.54, 1.807) is 0 Å². The zero-order valence-electron chi connectivity index (χ0n) is 10.7. The fourth-order valence-corrected chi connectivity index (χ4v) is 2.23. The van der Waals surface area contributed by atoms with Gasteiger partial charge in [-0.1, -0.05) is 47.7 Å². The van der Waals surface area contributed by atoms with Crippen molar-refractivity contribution in [2.45, 2.75) is 26.8 Å². The second-order valence-electron chi connectivity index (χ2n) is 4.47. The maximum absolute atomic E-state index is 5.41. The van der Waals surface area contributed by atoms with Crippen LogP contribution in [0, 0.1) is 6.92 Å². The number of aromatic nitrogens is 1. The van der Waals surface area contributed by atoms with E-state index in [1.807, 2.05) is 37.3 Å². The van der Waals surface area contributed by atoms with Crippen molar-refractivity contribution in [1.82, 2.24) is 10.5 Å². The monoisotopic (exact) mass is 260 g/mol. The highest BCUT2D eigenvalue weighted by Crippen LogP contribution is 2.26. The van der Waals surface area contributed by atoms with Crippen molar-refractivity contribution in [1.29, 1.82) is 0 Å². The topological polar surface area (TPSA) is 38.1 Å². The van der Waals surface area contributed by atoms with Crippen molar-refractivity contribution in [3.05, 3.63) is 41.6 Å². The summed E-state index contributed by atoms with van der Waals surface area (Å²) in [6, 6.07) is 10.2. The first kappa shape index (κ1) is 12.8. The van der Waals surface area contributed by atoms with Crippen LogP contribution in [0.3, 0.4) is 0 Å². The number of rotatable bonds is 3. The van der Waals surface area contributed by atoms with Gasteiger partial charge in [-0.2, -0.15) is 0 Å². The minimum Gasteiger partial charge on any atom is -0.373 e. The molecule has 1 aromatic carbocycles. The number of aryl methyl sites for hydroxylation is 1. The third-order valence-corrected chi connectivity index (χ3v) is 2.87. The Kier molecular flexibility index (Phi) is 3.77. The third kappa shape index (κ3) is 2.59. The van der Waals surface area contributed by atoms with Crippen molar-refractivity contribution in [2.24, 2.45) is 0 Å². The van der Waals surface area contributed by atoms with Crippen molar-refractivity contribution >= 4 is 17.2 Å². The number of nitrogens with zero attached hydrogens (tertiary/aromatic N) is 1. The SMILES string of the molecule is Cc1noc(-c2ccccc2)c1C(=S)NC(C)C. The van der Waals surface area contributed by atoms with Gasteiger partial charge in [0, 0.05) is 11.6 Å². The van der Waals surface area contributed by atoms with Crippen LogP contribution in [0.15, 0.2) is 34.9 Å². The van der Waals surface area contributed by atoms with Gasteiger partial charge in [-0.3, -0.25) is 0 Å². The summed E-state index contributed by atoms with van der Waals surface area (Å²) in [5.41, 5.74) is 2.68. The molecule has 0 aliphatic heterocycles. The van der Waals surface area contributed by atoms with Gasteiger partial charge in [-0.05, 0) is 20.8 Å². The Morgan fingerprint density at radius 2 is 1.94 bits per heavy atom. The van der Waals surface area contributed by atoms with Crippen LogP contribution >= 0.6 is 12.2 Å². The van der Waals surface area contributed by atoms with Crippen molar-refractivity contribution in [2.75, 3.05) is 0 Å². The molecule has 1 aromatic heterocycles. The third-order valence-electron chi connectivity index (χ3n) is 2.55. The fourth-order valence-electron chi connectivity index (χ4n) is 1.76. The first-order valence-corrected chi connectivity index (χ1v) is 6.33. The molecular formula is C14H16N2OS. The molecule has 3 nitrogen and oxygen atoms in total. The van der Waals surface area contributed by atoms with Crippen LogP contribution in [0.5, 0.6) is 0 Å². The molecule has 2 rings (SSSR count). The molecule has 18 heavy (non-hydrogen) atoms. The predicted octanol–water partition coefficient (Wildman–Crippen LogP) is 3.32. The minimum absolute atomic E-state index is 0.287. The lowest BCUT2D eigenvalue weighted by atomic mass is 10.1. The molecule has 0 unspecified atom stereocenters. The second-order valence-corrected chi connectivity index (χ2v) is 4.87. The van der Waals surface area contributed by atoms with E-state index in [1.165, 1.54) is 0 Å². The first-order valence-electron chi connectivity index (χ1n) is 5.92. The van der Waals surface area contributed by atoms with Gasteiger partial charge in [0.05, 0.1) is 11.3 Å². The number of hydrogen-bond acceptors (Lipinski definition) is 3. The van der Waals surface area contributed by atoms with E-state index < -0.39 is 0 Å². The lowest BCUT2D eigenvalue weighted by Crippen LogP contribution is -2.29. The zero-order valence-corrected chi connectivity index (χ0v) is 11.5. The molecule has 0 spiro atoms. The highest BCUT2D eigenvalue weighted by atomic mass is 32.1. The maximum atomic E-state index is 5.41. The molecule has 0 amide bonds. The van der Waals surface area contributed by atoms with Crippen molar-refractivity contribution < 1.29 is 4.52 Å². The lowest BCUT2D eigenvalue weighted by molar-refractivity contribution is 0.427. The molecule has 0 radical (unpaired) electrons. The maximum Gasteiger partial charge on any atom is 0.177 e. The summed E-state index contributed by atoms with van der Waals surface area (Å²) in [5, 5.41) is 7.25. The van der Waals surface area contributed by atoms with E-state index >= 15 is 0 Å². The molecule has 2 aromatic rings. The minimum atomic E-state index is 0.287. The number of nitrogens with one attached hydrogen (secondary N) is 1. The number of thiocarbonyl (C=S) groups is 1. The Morgan fingerprint density at radius 1 is 1.28 bits per heavy atom. The summed E-state index contributed by atoms with van der Waals surface area (Å²) in [6.45, 7) is 6.01. The largest absolute Gasteiger partial charge is 0.373 e. The molecule has 0 fully saturated rings. The first-order chi connectivity index (χ1) is 8.59. The Bertz CT molecular complexity index is 546. The van der Waals surface area contributed by atoms with E-state index in [0.29, 0.717) is 4.99 Å². The Morgan fingerprint density at radius 3 is 2.56 bits per heavy atom.